The summed E-state index contributed by atoms with van der Waals surface area (Å²) in [6.07, 6.45) is 2.03. The van der Waals surface area contributed by atoms with Gasteiger partial charge in [0.1, 0.15) is 6.07 Å². The molecule has 86 valence electrons. The van der Waals surface area contributed by atoms with Gasteiger partial charge >= 0.3 is 0 Å². The first-order valence-corrected chi connectivity index (χ1v) is 5.63. The Morgan fingerprint density at radius 3 is 2.50 bits per heavy atom. The first-order valence-electron chi connectivity index (χ1n) is 5.63. The van der Waals surface area contributed by atoms with Crippen molar-refractivity contribution in [2.45, 2.75) is 39.2 Å². The van der Waals surface area contributed by atoms with Crippen LogP contribution < -0.4 is 11.1 Å². The number of nitrogens with zero attached hydrogens (tertiary/aromatic N) is 1. The largest absolute Gasteiger partial charge is 0.396 e. The van der Waals surface area contributed by atoms with E-state index in [0.29, 0.717) is 11.3 Å². The van der Waals surface area contributed by atoms with Crippen molar-refractivity contribution in [3.63, 3.8) is 0 Å². The maximum absolute atomic E-state index is 8.90. The minimum absolute atomic E-state index is 0.0300. The van der Waals surface area contributed by atoms with Gasteiger partial charge in [0, 0.05) is 5.54 Å². The molecule has 0 aromatic heterocycles. The van der Waals surface area contributed by atoms with Crippen LogP contribution in [-0.2, 0) is 0 Å². The van der Waals surface area contributed by atoms with Crippen LogP contribution in [0.5, 0.6) is 0 Å². The van der Waals surface area contributed by atoms with E-state index in [1.54, 1.807) is 6.07 Å². The molecule has 0 atom stereocenters. The van der Waals surface area contributed by atoms with Crippen molar-refractivity contribution in [3.05, 3.63) is 23.8 Å². The smallest absolute Gasteiger partial charge is 0.101 e. The molecule has 1 aromatic carbocycles. The van der Waals surface area contributed by atoms with Crippen LogP contribution in [0.2, 0.25) is 0 Å². The second kappa shape index (κ2) is 4.89. The topological polar surface area (TPSA) is 61.8 Å². The van der Waals surface area contributed by atoms with Gasteiger partial charge in [-0.2, -0.15) is 5.26 Å². The van der Waals surface area contributed by atoms with E-state index < -0.39 is 0 Å². The van der Waals surface area contributed by atoms with Crippen LogP contribution in [0, 0.1) is 11.3 Å². The third-order valence-electron chi connectivity index (χ3n) is 3.22. The van der Waals surface area contributed by atoms with E-state index >= 15 is 0 Å². The molecule has 3 N–H and O–H groups in total. The fourth-order valence-electron chi connectivity index (χ4n) is 1.52. The van der Waals surface area contributed by atoms with E-state index in [0.717, 1.165) is 18.5 Å². The zero-order chi connectivity index (χ0) is 12.2. The van der Waals surface area contributed by atoms with Crippen molar-refractivity contribution in [1.82, 2.24) is 0 Å². The molecule has 0 saturated carbocycles. The number of rotatable bonds is 4. The van der Waals surface area contributed by atoms with Crippen LogP contribution in [0.15, 0.2) is 18.2 Å². The molecule has 0 spiro atoms. The number of benzene rings is 1. The highest BCUT2D eigenvalue weighted by atomic mass is 15.0. The van der Waals surface area contributed by atoms with Crippen LogP contribution >= 0.6 is 0 Å². The Labute approximate surface area is 97.3 Å². The van der Waals surface area contributed by atoms with Crippen LogP contribution in [0.1, 0.15) is 39.2 Å². The van der Waals surface area contributed by atoms with Crippen molar-refractivity contribution in [3.8, 4) is 6.07 Å². The first kappa shape index (κ1) is 12.4. The molecule has 0 heterocycles. The zero-order valence-corrected chi connectivity index (χ0v) is 10.2. The van der Waals surface area contributed by atoms with E-state index in [1.165, 1.54) is 0 Å². The van der Waals surface area contributed by atoms with Gasteiger partial charge in [-0.15, -0.1) is 0 Å². The van der Waals surface area contributed by atoms with Crippen molar-refractivity contribution in [2.24, 2.45) is 0 Å². The van der Waals surface area contributed by atoms with E-state index in [1.807, 2.05) is 12.1 Å². The lowest BCUT2D eigenvalue weighted by Crippen LogP contribution is -2.33. The summed E-state index contributed by atoms with van der Waals surface area (Å²) >= 11 is 0. The van der Waals surface area contributed by atoms with Crippen LogP contribution in [-0.4, -0.2) is 5.54 Å². The highest BCUT2D eigenvalue weighted by molar-refractivity contribution is 5.73. The number of hydrogen-bond acceptors (Lipinski definition) is 3. The maximum atomic E-state index is 8.90. The van der Waals surface area contributed by atoms with Gasteiger partial charge in [-0.3, -0.25) is 0 Å². The fourth-order valence-corrected chi connectivity index (χ4v) is 1.52. The lowest BCUT2D eigenvalue weighted by atomic mass is 9.95. The zero-order valence-electron chi connectivity index (χ0n) is 10.2. The summed E-state index contributed by atoms with van der Waals surface area (Å²) in [4.78, 5) is 0. The quantitative estimate of drug-likeness (QED) is 0.762. The average molecular weight is 217 g/mol. The molecule has 0 amide bonds. The monoisotopic (exact) mass is 217 g/mol. The summed E-state index contributed by atoms with van der Waals surface area (Å²) in [5, 5.41) is 12.3. The number of para-hydroxylation sites is 1. The SMILES string of the molecule is CCC(C)(CC)Nc1cccc(C#N)c1N. The Bertz CT molecular complexity index is 400. The van der Waals surface area contributed by atoms with E-state index in [9.17, 15) is 0 Å². The predicted molar refractivity (Wildman–Crippen MR) is 68.2 cm³/mol. The molecule has 0 saturated heterocycles. The Hall–Kier alpha value is -1.69. The number of nitrogens with two attached hydrogens (primary N) is 1. The minimum Gasteiger partial charge on any atom is -0.396 e. The molecule has 0 aliphatic carbocycles. The molecule has 1 aromatic rings. The van der Waals surface area contributed by atoms with E-state index in [4.69, 9.17) is 11.0 Å². The van der Waals surface area contributed by atoms with Gasteiger partial charge < -0.3 is 11.1 Å². The van der Waals surface area contributed by atoms with Gasteiger partial charge in [0.25, 0.3) is 0 Å². The molecular formula is C13H19N3. The van der Waals surface area contributed by atoms with Crippen molar-refractivity contribution in [2.75, 3.05) is 11.1 Å². The molecule has 3 heteroatoms. The van der Waals surface area contributed by atoms with Gasteiger partial charge in [-0.1, -0.05) is 19.9 Å². The number of nitrogen functional groups attached to an aromatic ring is 1. The van der Waals surface area contributed by atoms with Crippen molar-refractivity contribution >= 4 is 11.4 Å². The molecule has 0 radical (unpaired) electrons. The predicted octanol–water partition coefficient (Wildman–Crippen LogP) is 3.13. The van der Waals surface area contributed by atoms with Crippen LogP contribution in [0.4, 0.5) is 11.4 Å². The van der Waals surface area contributed by atoms with Crippen molar-refractivity contribution < 1.29 is 0 Å². The molecule has 0 fully saturated rings. The molecule has 16 heavy (non-hydrogen) atoms. The molecule has 0 bridgehead atoms. The number of hydrogen-bond donors (Lipinski definition) is 2. The van der Waals surface area contributed by atoms with Crippen LogP contribution in [0.25, 0.3) is 0 Å². The maximum Gasteiger partial charge on any atom is 0.101 e. The molecule has 0 aliphatic heterocycles. The summed E-state index contributed by atoms with van der Waals surface area (Å²) in [7, 11) is 0. The number of nitriles is 1. The third kappa shape index (κ3) is 2.46. The summed E-state index contributed by atoms with van der Waals surface area (Å²) in [5.41, 5.74) is 7.87. The van der Waals surface area contributed by atoms with Gasteiger partial charge in [-0.05, 0) is 31.9 Å². The molecule has 0 aliphatic rings. The Kier molecular flexibility index (Phi) is 3.78. The van der Waals surface area contributed by atoms with Gasteiger partial charge in [0.05, 0.1) is 16.9 Å². The molecule has 1 rings (SSSR count). The highest BCUT2D eigenvalue weighted by Gasteiger charge is 2.20. The lowest BCUT2D eigenvalue weighted by Gasteiger charge is -2.30. The summed E-state index contributed by atoms with van der Waals surface area (Å²) in [6, 6.07) is 7.59. The first-order chi connectivity index (χ1) is 7.56. The Morgan fingerprint density at radius 2 is 2.00 bits per heavy atom. The van der Waals surface area contributed by atoms with Gasteiger partial charge in [-0.25, -0.2) is 0 Å². The Morgan fingerprint density at radius 1 is 1.38 bits per heavy atom. The average Bonchev–Trinajstić information content (AvgIpc) is 2.32. The second-order valence-electron chi connectivity index (χ2n) is 4.27. The van der Waals surface area contributed by atoms with Crippen LogP contribution in [0.3, 0.4) is 0 Å². The number of anilines is 2. The molecular weight excluding hydrogens is 198 g/mol. The second-order valence-corrected chi connectivity index (χ2v) is 4.27. The summed E-state index contributed by atoms with van der Waals surface area (Å²) in [6.45, 7) is 6.44. The van der Waals surface area contributed by atoms with E-state index in [-0.39, 0.29) is 5.54 Å². The Balaban J connectivity index is 3.03. The van der Waals surface area contributed by atoms with Crippen molar-refractivity contribution in [1.29, 1.82) is 5.26 Å². The fraction of sp³-hybridized carbons (Fsp3) is 0.462. The normalized spacial score (nSPS) is 10.9. The standard InChI is InChI=1S/C13H19N3/c1-4-13(3,5-2)16-11-8-6-7-10(9-14)12(11)15/h6-8,16H,4-5,15H2,1-3H3. The highest BCUT2D eigenvalue weighted by Crippen LogP contribution is 2.28. The molecule has 0 unspecified atom stereocenters. The third-order valence-corrected chi connectivity index (χ3v) is 3.22. The summed E-state index contributed by atoms with van der Waals surface area (Å²) < 4.78 is 0. The van der Waals surface area contributed by atoms with Gasteiger partial charge in [0.2, 0.25) is 0 Å². The number of nitrogens with one attached hydrogen (secondary N) is 1. The minimum atomic E-state index is 0.0300. The van der Waals surface area contributed by atoms with E-state index in [2.05, 4.69) is 32.2 Å². The summed E-state index contributed by atoms with van der Waals surface area (Å²) in [5.74, 6) is 0. The van der Waals surface area contributed by atoms with Gasteiger partial charge in [0.15, 0.2) is 0 Å². The molecule has 3 nitrogen and oxygen atoms in total. The lowest BCUT2D eigenvalue weighted by molar-refractivity contribution is 0.479.